The van der Waals surface area contributed by atoms with E-state index in [9.17, 15) is 9.90 Å². The number of likely N-dealkylation sites (N-methyl/N-ethyl adjacent to an activating group) is 1. The number of hydrogen-bond donors (Lipinski definition) is 1. The second-order valence-corrected chi connectivity index (χ2v) is 4.89. The van der Waals surface area contributed by atoms with Crippen LogP contribution in [-0.4, -0.2) is 42.7 Å². The molecule has 0 spiro atoms. The zero-order chi connectivity index (χ0) is 14.4. The van der Waals surface area contributed by atoms with Gasteiger partial charge in [0.2, 0.25) is 5.91 Å². The largest absolute Gasteiger partial charge is 0.497 e. The fourth-order valence-electron chi connectivity index (χ4n) is 1.86. The van der Waals surface area contributed by atoms with Crippen molar-refractivity contribution in [2.45, 2.75) is 32.3 Å². The Balaban J connectivity index is 2.64. The van der Waals surface area contributed by atoms with Crippen LogP contribution in [0.5, 0.6) is 5.75 Å². The van der Waals surface area contributed by atoms with Crippen molar-refractivity contribution in [1.82, 2.24) is 4.90 Å². The first-order valence-corrected chi connectivity index (χ1v) is 6.52. The number of carbonyl (C=O) groups is 1. The van der Waals surface area contributed by atoms with Crippen molar-refractivity contribution in [2.75, 3.05) is 20.7 Å². The lowest BCUT2D eigenvalue weighted by Crippen LogP contribution is -2.32. The molecule has 1 aromatic rings. The maximum absolute atomic E-state index is 12.2. The molecule has 0 aliphatic rings. The number of methoxy groups -OCH3 is 1. The SMILES string of the molecule is COc1ccc(C(C)C(=O)N(C)CCC(C)O)cc1. The lowest BCUT2D eigenvalue weighted by molar-refractivity contribution is -0.131. The highest BCUT2D eigenvalue weighted by atomic mass is 16.5. The molecule has 4 heteroatoms. The van der Waals surface area contributed by atoms with Gasteiger partial charge in [-0.3, -0.25) is 4.79 Å². The number of benzene rings is 1. The molecule has 2 unspecified atom stereocenters. The van der Waals surface area contributed by atoms with Gasteiger partial charge in [0.15, 0.2) is 0 Å². The van der Waals surface area contributed by atoms with Crippen molar-refractivity contribution in [3.63, 3.8) is 0 Å². The summed E-state index contributed by atoms with van der Waals surface area (Å²) in [7, 11) is 3.39. The fraction of sp³-hybridized carbons (Fsp3) is 0.533. The van der Waals surface area contributed by atoms with Gasteiger partial charge in [-0.05, 0) is 38.0 Å². The summed E-state index contributed by atoms with van der Waals surface area (Å²) >= 11 is 0. The topological polar surface area (TPSA) is 49.8 Å². The van der Waals surface area contributed by atoms with E-state index in [1.807, 2.05) is 31.2 Å². The average molecular weight is 265 g/mol. The van der Waals surface area contributed by atoms with Gasteiger partial charge in [0, 0.05) is 13.6 Å². The minimum Gasteiger partial charge on any atom is -0.497 e. The predicted molar refractivity (Wildman–Crippen MR) is 75.3 cm³/mol. The highest BCUT2D eigenvalue weighted by Gasteiger charge is 2.19. The number of nitrogens with zero attached hydrogens (tertiary/aromatic N) is 1. The number of aliphatic hydroxyl groups excluding tert-OH is 1. The molecule has 0 saturated heterocycles. The first kappa shape index (κ1) is 15.5. The summed E-state index contributed by atoms with van der Waals surface area (Å²) in [5.74, 6) is 0.654. The number of rotatable bonds is 6. The highest BCUT2D eigenvalue weighted by molar-refractivity contribution is 5.83. The Labute approximate surface area is 115 Å². The summed E-state index contributed by atoms with van der Waals surface area (Å²) < 4.78 is 5.10. The lowest BCUT2D eigenvalue weighted by atomic mass is 9.99. The van der Waals surface area contributed by atoms with E-state index in [2.05, 4.69) is 0 Å². The lowest BCUT2D eigenvalue weighted by Gasteiger charge is -2.22. The molecule has 1 amide bonds. The monoisotopic (exact) mass is 265 g/mol. The van der Waals surface area contributed by atoms with E-state index in [4.69, 9.17) is 4.74 Å². The molecule has 0 aromatic heterocycles. The maximum Gasteiger partial charge on any atom is 0.229 e. The number of amides is 1. The Morgan fingerprint density at radius 2 is 1.89 bits per heavy atom. The molecule has 0 aliphatic heterocycles. The van der Waals surface area contributed by atoms with Crippen LogP contribution >= 0.6 is 0 Å². The second-order valence-electron chi connectivity index (χ2n) is 4.89. The minimum atomic E-state index is -0.383. The van der Waals surface area contributed by atoms with E-state index in [0.29, 0.717) is 13.0 Å². The molecular formula is C15H23NO3. The minimum absolute atomic E-state index is 0.0609. The Kier molecular flexibility index (Phi) is 5.83. The number of carbonyl (C=O) groups excluding carboxylic acids is 1. The molecule has 0 radical (unpaired) electrons. The number of aliphatic hydroxyl groups is 1. The van der Waals surface area contributed by atoms with Crippen LogP contribution in [0.25, 0.3) is 0 Å². The van der Waals surface area contributed by atoms with Crippen molar-refractivity contribution in [3.05, 3.63) is 29.8 Å². The maximum atomic E-state index is 12.2. The van der Waals surface area contributed by atoms with Gasteiger partial charge >= 0.3 is 0 Å². The van der Waals surface area contributed by atoms with Crippen LogP contribution in [0.3, 0.4) is 0 Å². The van der Waals surface area contributed by atoms with E-state index in [-0.39, 0.29) is 17.9 Å². The van der Waals surface area contributed by atoms with Gasteiger partial charge in [-0.25, -0.2) is 0 Å². The van der Waals surface area contributed by atoms with Crippen molar-refractivity contribution in [3.8, 4) is 5.75 Å². The predicted octanol–water partition coefficient (Wildman–Crippen LogP) is 2.03. The molecule has 4 nitrogen and oxygen atoms in total. The van der Waals surface area contributed by atoms with Crippen LogP contribution in [0.15, 0.2) is 24.3 Å². The van der Waals surface area contributed by atoms with Gasteiger partial charge in [-0.1, -0.05) is 12.1 Å². The Morgan fingerprint density at radius 1 is 1.32 bits per heavy atom. The average Bonchev–Trinajstić information content (AvgIpc) is 2.43. The summed E-state index contributed by atoms with van der Waals surface area (Å²) in [6, 6.07) is 7.53. The summed E-state index contributed by atoms with van der Waals surface area (Å²) in [5, 5.41) is 9.24. The van der Waals surface area contributed by atoms with Gasteiger partial charge < -0.3 is 14.7 Å². The summed E-state index contributed by atoms with van der Waals surface area (Å²) in [5.41, 5.74) is 0.967. The Bertz CT molecular complexity index is 400. The van der Waals surface area contributed by atoms with Crippen LogP contribution in [0, 0.1) is 0 Å². The molecule has 1 rings (SSSR count). The molecular weight excluding hydrogens is 242 g/mol. The molecule has 1 N–H and O–H groups in total. The zero-order valence-electron chi connectivity index (χ0n) is 12.1. The van der Waals surface area contributed by atoms with Crippen LogP contribution < -0.4 is 4.74 Å². The van der Waals surface area contributed by atoms with Crippen molar-refractivity contribution < 1.29 is 14.6 Å². The fourth-order valence-corrected chi connectivity index (χ4v) is 1.86. The van der Waals surface area contributed by atoms with Gasteiger partial charge in [0.1, 0.15) is 5.75 Å². The smallest absolute Gasteiger partial charge is 0.229 e. The Hall–Kier alpha value is -1.55. The molecule has 0 aliphatic carbocycles. The van der Waals surface area contributed by atoms with Crippen LogP contribution in [0.2, 0.25) is 0 Å². The van der Waals surface area contributed by atoms with Crippen molar-refractivity contribution in [2.24, 2.45) is 0 Å². The molecule has 0 saturated carbocycles. The van der Waals surface area contributed by atoms with E-state index in [0.717, 1.165) is 11.3 Å². The Morgan fingerprint density at radius 3 is 2.37 bits per heavy atom. The number of ether oxygens (including phenoxy) is 1. The van der Waals surface area contributed by atoms with Gasteiger partial charge in [0.25, 0.3) is 0 Å². The third kappa shape index (κ3) is 4.56. The third-order valence-electron chi connectivity index (χ3n) is 3.24. The molecule has 0 heterocycles. The molecule has 1 aromatic carbocycles. The molecule has 0 bridgehead atoms. The quantitative estimate of drug-likeness (QED) is 0.856. The van der Waals surface area contributed by atoms with Gasteiger partial charge in [-0.2, -0.15) is 0 Å². The first-order valence-electron chi connectivity index (χ1n) is 6.52. The third-order valence-corrected chi connectivity index (χ3v) is 3.24. The summed E-state index contributed by atoms with van der Waals surface area (Å²) in [6.45, 7) is 4.19. The van der Waals surface area contributed by atoms with E-state index in [1.54, 1.807) is 26.0 Å². The van der Waals surface area contributed by atoms with Gasteiger partial charge in [-0.15, -0.1) is 0 Å². The second kappa shape index (κ2) is 7.14. The summed E-state index contributed by atoms with van der Waals surface area (Å²) in [4.78, 5) is 13.9. The van der Waals surface area contributed by atoms with E-state index < -0.39 is 0 Å². The molecule has 0 fully saturated rings. The van der Waals surface area contributed by atoms with Crippen molar-refractivity contribution in [1.29, 1.82) is 0 Å². The van der Waals surface area contributed by atoms with E-state index in [1.165, 1.54) is 0 Å². The zero-order valence-corrected chi connectivity index (χ0v) is 12.1. The summed E-state index contributed by atoms with van der Waals surface area (Å²) in [6.07, 6.45) is 0.212. The van der Waals surface area contributed by atoms with Crippen LogP contribution in [0.1, 0.15) is 31.7 Å². The number of hydrogen-bond acceptors (Lipinski definition) is 3. The first-order chi connectivity index (χ1) is 8.95. The van der Waals surface area contributed by atoms with E-state index >= 15 is 0 Å². The highest BCUT2D eigenvalue weighted by Crippen LogP contribution is 2.20. The molecule has 19 heavy (non-hydrogen) atoms. The van der Waals surface area contributed by atoms with Crippen LogP contribution in [0.4, 0.5) is 0 Å². The van der Waals surface area contributed by atoms with Crippen LogP contribution in [-0.2, 0) is 4.79 Å². The van der Waals surface area contributed by atoms with Crippen molar-refractivity contribution >= 4 is 5.91 Å². The normalized spacial score (nSPS) is 13.7. The molecule has 106 valence electrons. The standard InChI is InChI=1S/C15H23NO3/c1-11(17)9-10-16(3)15(18)12(2)13-5-7-14(19-4)8-6-13/h5-8,11-12,17H,9-10H2,1-4H3. The molecule has 2 atom stereocenters. The van der Waals surface area contributed by atoms with Gasteiger partial charge in [0.05, 0.1) is 19.1 Å².